The van der Waals surface area contributed by atoms with E-state index >= 15 is 0 Å². The number of ether oxygens (including phenoxy) is 1. The topological polar surface area (TPSA) is 21.3 Å². The molecule has 1 saturated carbocycles. The number of hydrogen-bond acceptors (Lipinski definition) is 2. The van der Waals surface area contributed by atoms with E-state index in [9.17, 15) is 0 Å². The van der Waals surface area contributed by atoms with E-state index in [4.69, 9.17) is 4.74 Å². The number of piperidine rings is 1. The molecule has 1 N–H and O–H groups in total. The van der Waals surface area contributed by atoms with Crippen molar-refractivity contribution in [2.24, 2.45) is 5.92 Å². The summed E-state index contributed by atoms with van der Waals surface area (Å²) in [5.41, 5.74) is 0. The average Bonchev–Trinajstić information content (AvgIpc) is 2.69. The monoisotopic (exact) mass is 219 g/mol. The number of nitrogens with one attached hydrogen (secondary N) is 1. The fraction of sp³-hybridized carbons (Fsp3) is 1.00. The number of halogens is 1. The van der Waals surface area contributed by atoms with E-state index in [1.165, 1.54) is 51.6 Å². The summed E-state index contributed by atoms with van der Waals surface area (Å²) in [4.78, 5) is 0. The van der Waals surface area contributed by atoms with Crippen molar-refractivity contribution in [3.05, 3.63) is 0 Å². The Morgan fingerprint density at radius 2 is 1.64 bits per heavy atom. The van der Waals surface area contributed by atoms with Crippen molar-refractivity contribution in [1.29, 1.82) is 0 Å². The van der Waals surface area contributed by atoms with Gasteiger partial charge in [-0.05, 0) is 44.7 Å². The molecule has 0 unspecified atom stereocenters. The van der Waals surface area contributed by atoms with Crippen LogP contribution in [0.1, 0.15) is 38.5 Å². The molecule has 0 aromatic rings. The van der Waals surface area contributed by atoms with Crippen LogP contribution < -0.4 is 5.32 Å². The largest absolute Gasteiger partial charge is 0.378 e. The van der Waals surface area contributed by atoms with Gasteiger partial charge in [0.25, 0.3) is 0 Å². The van der Waals surface area contributed by atoms with Gasteiger partial charge >= 0.3 is 0 Å². The first kappa shape index (κ1) is 12.3. The van der Waals surface area contributed by atoms with E-state index in [0.717, 1.165) is 12.5 Å². The van der Waals surface area contributed by atoms with Crippen molar-refractivity contribution in [1.82, 2.24) is 5.32 Å². The summed E-state index contributed by atoms with van der Waals surface area (Å²) in [6, 6.07) is 0. The molecule has 2 fully saturated rings. The first-order valence-electron chi connectivity index (χ1n) is 5.77. The van der Waals surface area contributed by atoms with E-state index in [1.807, 2.05) is 0 Å². The second kappa shape index (κ2) is 6.65. The van der Waals surface area contributed by atoms with Crippen LogP contribution in [0.5, 0.6) is 0 Å². The summed E-state index contributed by atoms with van der Waals surface area (Å²) in [5, 5.41) is 3.39. The minimum atomic E-state index is 0. The maximum absolute atomic E-state index is 5.91. The van der Waals surface area contributed by atoms with Crippen molar-refractivity contribution in [2.45, 2.75) is 44.6 Å². The van der Waals surface area contributed by atoms with Gasteiger partial charge in [-0.2, -0.15) is 0 Å². The molecule has 1 aliphatic heterocycles. The Morgan fingerprint density at radius 1 is 1.00 bits per heavy atom. The lowest BCUT2D eigenvalue weighted by Crippen LogP contribution is -2.30. The molecule has 2 rings (SSSR count). The average molecular weight is 220 g/mol. The second-order valence-electron chi connectivity index (χ2n) is 4.43. The van der Waals surface area contributed by atoms with Crippen molar-refractivity contribution in [3.63, 3.8) is 0 Å². The zero-order chi connectivity index (χ0) is 8.93. The minimum absolute atomic E-state index is 0. The zero-order valence-electron chi connectivity index (χ0n) is 8.84. The van der Waals surface area contributed by atoms with Gasteiger partial charge in [0.05, 0.1) is 6.10 Å². The van der Waals surface area contributed by atoms with E-state index in [-0.39, 0.29) is 12.4 Å². The lowest BCUT2D eigenvalue weighted by Gasteiger charge is -2.23. The van der Waals surface area contributed by atoms with Crippen molar-refractivity contribution < 1.29 is 4.74 Å². The van der Waals surface area contributed by atoms with Crippen molar-refractivity contribution >= 4 is 12.4 Å². The van der Waals surface area contributed by atoms with Gasteiger partial charge < -0.3 is 10.1 Å². The summed E-state index contributed by atoms with van der Waals surface area (Å²) in [6.07, 6.45) is 8.62. The molecule has 0 amide bonds. The lowest BCUT2D eigenvalue weighted by molar-refractivity contribution is 0.0266. The molecule has 0 spiro atoms. The smallest absolute Gasteiger partial charge is 0.0575 e. The molecule has 0 atom stereocenters. The van der Waals surface area contributed by atoms with Crippen LogP contribution in [-0.2, 0) is 4.74 Å². The Balaban J connectivity index is 0.000000980. The van der Waals surface area contributed by atoms with Crippen LogP contribution in [0.2, 0.25) is 0 Å². The quantitative estimate of drug-likeness (QED) is 0.787. The molecule has 3 heteroatoms. The van der Waals surface area contributed by atoms with E-state index < -0.39 is 0 Å². The highest BCUT2D eigenvalue weighted by Crippen LogP contribution is 2.22. The molecule has 14 heavy (non-hydrogen) atoms. The molecule has 0 aromatic heterocycles. The Hall–Kier alpha value is 0.210. The maximum Gasteiger partial charge on any atom is 0.0575 e. The van der Waals surface area contributed by atoms with Crippen LogP contribution in [0.25, 0.3) is 0 Å². The molecule has 1 saturated heterocycles. The van der Waals surface area contributed by atoms with Gasteiger partial charge in [0.15, 0.2) is 0 Å². The lowest BCUT2D eigenvalue weighted by atomic mass is 9.99. The fourth-order valence-electron chi connectivity index (χ4n) is 2.38. The molecule has 2 aliphatic rings. The highest BCUT2D eigenvalue weighted by atomic mass is 35.5. The van der Waals surface area contributed by atoms with Gasteiger partial charge in [-0.25, -0.2) is 0 Å². The highest BCUT2D eigenvalue weighted by molar-refractivity contribution is 5.85. The summed E-state index contributed by atoms with van der Waals surface area (Å²) in [7, 11) is 0. The van der Waals surface area contributed by atoms with Crippen LogP contribution in [0.4, 0.5) is 0 Å². The molecular formula is C11H22ClNO. The molecule has 1 aliphatic carbocycles. The predicted octanol–water partition coefficient (Wildman–Crippen LogP) is 2.37. The molecular weight excluding hydrogens is 198 g/mol. The Morgan fingerprint density at radius 3 is 2.29 bits per heavy atom. The van der Waals surface area contributed by atoms with Gasteiger partial charge in [-0.1, -0.05) is 12.8 Å². The SMILES string of the molecule is C1CCC(OCC2CCNCC2)C1.Cl. The minimum Gasteiger partial charge on any atom is -0.378 e. The van der Waals surface area contributed by atoms with Crippen LogP contribution >= 0.6 is 12.4 Å². The molecule has 0 radical (unpaired) electrons. The normalized spacial score (nSPS) is 24.9. The van der Waals surface area contributed by atoms with Crippen molar-refractivity contribution in [3.8, 4) is 0 Å². The van der Waals surface area contributed by atoms with Crippen molar-refractivity contribution in [2.75, 3.05) is 19.7 Å². The summed E-state index contributed by atoms with van der Waals surface area (Å²) >= 11 is 0. The Bertz CT molecular complexity index is 142. The molecule has 1 heterocycles. The molecule has 2 nitrogen and oxygen atoms in total. The zero-order valence-corrected chi connectivity index (χ0v) is 9.65. The number of rotatable bonds is 3. The van der Waals surface area contributed by atoms with Gasteiger partial charge in [0.2, 0.25) is 0 Å². The summed E-state index contributed by atoms with van der Waals surface area (Å²) in [6.45, 7) is 3.41. The third-order valence-corrected chi connectivity index (χ3v) is 3.33. The van der Waals surface area contributed by atoms with E-state index in [2.05, 4.69) is 5.32 Å². The van der Waals surface area contributed by atoms with Gasteiger partial charge in [-0.15, -0.1) is 12.4 Å². The Kier molecular flexibility index (Phi) is 5.83. The molecule has 0 bridgehead atoms. The Labute approximate surface area is 93.2 Å². The predicted molar refractivity (Wildman–Crippen MR) is 61.0 cm³/mol. The van der Waals surface area contributed by atoms with Gasteiger partial charge in [-0.3, -0.25) is 0 Å². The van der Waals surface area contributed by atoms with Gasteiger partial charge in [0, 0.05) is 6.61 Å². The second-order valence-corrected chi connectivity index (χ2v) is 4.43. The van der Waals surface area contributed by atoms with Crippen LogP contribution in [0.3, 0.4) is 0 Å². The first-order valence-corrected chi connectivity index (χ1v) is 5.77. The highest BCUT2D eigenvalue weighted by Gasteiger charge is 2.18. The van der Waals surface area contributed by atoms with Crippen LogP contribution in [-0.4, -0.2) is 25.8 Å². The van der Waals surface area contributed by atoms with Crippen LogP contribution in [0.15, 0.2) is 0 Å². The molecule has 0 aromatic carbocycles. The van der Waals surface area contributed by atoms with Crippen LogP contribution in [0, 0.1) is 5.92 Å². The maximum atomic E-state index is 5.91. The summed E-state index contributed by atoms with van der Waals surface area (Å²) in [5.74, 6) is 0.835. The van der Waals surface area contributed by atoms with E-state index in [0.29, 0.717) is 6.10 Å². The summed E-state index contributed by atoms with van der Waals surface area (Å²) < 4.78 is 5.91. The fourth-order valence-corrected chi connectivity index (χ4v) is 2.38. The van der Waals surface area contributed by atoms with E-state index in [1.54, 1.807) is 0 Å². The molecule has 84 valence electrons. The van der Waals surface area contributed by atoms with Gasteiger partial charge in [0.1, 0.15) is 0 Å². The first-order chi connectivity index (χ1) is 6.45. The standard InChI is InChI=1S/C11H21NO.ClH/c1-2-4-11(3-1)13-9-10-5-7-12-8-6-10;/h10-12H,1-9H2;1H. The number of hydrogen-bond donors (Lipinski definition) is 1. The third kappa shape index (κ3) is 3.76. The third-order valence-electron chi connectivity index (χ3n) is 3.33.